The Morgan fingerprint density at radius 3 is 2.75 bits per heavy atom. The monoisotopic (exact) mass is 163 g/mol. The minimum atomic E-state index is 0.239. The molecule has 0 atom stereocenters. The summed E-state index contributed by atoms with van der Waals surface area (Å²) in [6.07, 6.45) is 3.21. The SMILES string of the molecule is CC.O=C1CCc2ncccc21. The number of ketones is 1. The van der Waals surface area contributed by atoms with Gasteiger partial charge < -0.3 is 0 Å². The largest absolute Gasteiger partial charge is 0.294 e. The van der Waals surface area contributed by atoms with Gasteiger partial charge in [0, 0.05) is 18.2 Å². The first-order valence-electron chi connectivity index (χ1n) is 4.35. The first kappa shape index (κ1) is 8.91. The molecule has 0 unspecified atom stereocenters. The third kappa shape index (κ3) is 1.52. The van der Waals surface area contributed by atoms with Gasteiger partial charge in [0.05, 0.1) is 5.69 Å². The number of aryl methyl sites for hydroxylation is 1. The van der Waals surface area contributed by atoms with Crippen LogP contribution in [0.2, 0.25) is 0 Å². The molecule has 1 aromatic rings. The van der Waals surface area contributed by atoms with Gasteiger partial charge >= 0.3 is 0 Å². The van der Waals surface area contributed by atoms with Gasteiger partial charge in [-0.05, 0) is 18.6 Å². The van der Waals surface area contributed by atoms with E-state index in [1.165, 1.54) is 0 Å². The molecule has 1 aliphatic carbocycles. The van der Waals surface area contributed by atoms with E-state index in [2.05, 4.69) is 4.98 Å². The van der Waals surface area contributed by atoms with Crippen LogP contribution in [0.15, 0.2) is 18.3 Å². The Labute approximate surface area is 72.6 Å². The van der Waals surface area contributed by atoms with E-state index in [9.17, 15) is 4.79 Å². The number of pyridine rings is 1. The van der Waals surface area contributed by atoms with Crippen molar-refractivity contribution in [2.45, 2.75) is 26.7 Å². The number of nitrogens with zero attached hydrogens (tertiary/aromatic N) is 1. The molecular weight excluding hydrogens is 150 g/mol. The Bertz CT molecular complexity index is 281. The van der Waals surface area contributed by atoms with Crippen molar-refractivity contribution in [3.05, 3.63) is 29.6 Å². The van der Waals surface area contributed by atoms with E-state index in [0.717, 1.165) is 17.7 Å². The number of rotatable bonds is 0. The normalized spacial score (nSPS) is 13.3. The van der Waals surface area contributed by atoms with Crippen LogP contribution in [-0.2, 0) is 6.42 Å². The van der Waals surface area contributed by atoms with Crippen LogP contribution >= 0.6 is 0 Å². The zero-order valence-corrected chi connectivity index (χ0v) is 7.50. The van der Waals surface area contributed by atoms with E-state index in [1.807, 2.05) is 26.0 Å². The molecule has 0 N–H and O–H groups in total. The summed E-state index contributed by atoms with van der Waals surface area (Å²) in [5.74, 6) is 0.239. The van der Waals surface area contributed by atoms with Gasteiger partial charge in [0.15, 0.2) is 5.78 Å². The summed E-state index contributed by atoms with van der Waals surface area (Å²) in [4.78, 5) is 15.1. The molecular formula is C10H13NO. The number of hydrogen-bond acceptors (Lipinski definition) is 2. The zero-order chi connectivity index (χ0) is 8.97. The van der Waals surface area contributed by atoms with E-state index >= 15 is 0 Å². The summed E-state index contributed by atoms with van der Waals surface area (Å²) in [5, 5.41) is 0. The van der Waals surface area contributed by atoms with Gasteiger partial charge in [0.25, 0.3) is 0 Å². The molecule has 0 fully saturated rings. The van der Waals surface area contributed by atoms with Gasteiger partial charge in [-0.3, -0.25) is 9.78 Å². The minimum absolute atomic E-state index is 0.239. The van der Waals surface area contributed by atoms with Crippen LogP contribution in [0.5, 0.6) is 0 Å². The molecule has 2 heteroatoms. The lowest BCUT2D eigenvalue weighted by atomic mass is 10.2. The molecule has 0 spiro atoms. The van der Waals surface area contributed by atoms with Crippen LogP contribution in [0.1, 0.15) is 36.3 Å². The van der Waals surface area contributed by atoms with Gasteiger partial charge in [-0.15, -0.1) is 0 Å². The number of fused-ring (bicyclic) bond motifs is 1. The maximum atomic E-state index is 11.0. The third-order valence-electron chi connectivity index (χ3n) is 1.78. The fourth-order valence-electron chi connectivity index (χ4n) is 1.26. The number of carbonyl (C=O) groups is 1. The highest BCUT2D eigenvalue weighted by Crippen LogP contribution is 2.17. The predicted molar refractivity (Wildman–Crippen MR) is 48.2 cm³/mol. The second-order valence-corrected chi connectivity index (χ2v) is 2.42. The maximum absolute atomic E-state index is 11.0. The molecule has 0 aromatic carbocycles. The Kier molecular flexibility index (Phi) is 2.97. The lowest BCUT2D eigenvalue weighted by Crippen LogP contribution is -1.90. The molecule has 0 bridgehead atoms. The molecule has 2 rings (SSSR count). The van der Waals surface area contributed by atoms with Crippen LogP contribution in [0.3, 0.4) is 0 Å². The summed E-state index contributed by atoms with van der Waals surface area (Å²) in [6.45, 7) is 4.00. The van der Waals surface area contributed by atoms with E-state index in [4.69, 9.17) is 0 Å². The molecule has 64 valence electrons. The topological polar surface area (TPSA) is 30.0 Å². The van der Waals surface area contributed by atoms with Crippen LogP contribution in [0, 0.1) is 0 Å². The molecule has 0 aliphatic heterocycles. The van der Waals surface area contributed by atoms with Crippen molar-refractivity contribution in [1.82, 2.24) is 4.98 Å². The van der Waals surface area contributed by atoms with Crippen LogP contribution < -0.4 is 0 Å². The van der Waals surface area contributed by atoms with E-state index in [0.29, 0.717) is 6.42 Å². The van der Waals surface area contributed by atoms with Gasteiger partial charge in [0.2, 0.25) is 0 Å². The molecule has 0 radical (unpaired) electrons. The van der Waals surface area contributed by atoms with Crippen LogP contribution in [-0.4, -0.2) is 10.8 Å². The smallest absolute Gasteiger partial charge is 0.165 e. The lowest BCUT2D eigenvalue weighted by molar-refractivity contribution is 0.0994. The summed E-state index contributed by atoms with van der Waals surface area (Å²) in [6, 6.07) is 3.65. The Morgan fingerprint density at radius 2 is 2.08 bits per heavy atom. The Hall–Kier alpha value is -1.18. The highest BCUT2D eigenvalue weighted by atomic mass is 16.1. The summed E-state index contributed by atoms with van der Waals surface area (Å²) < 4.78 is 0. The Morgan fingerprint density at radius 1 is 1.33 bits per heavy atom. The van der Waals surface area contributed by atoms with Gasteiger partial charge in [0.1, 0.15) is 0 Å². The van der Waals surface area contributed by atoms with Crippen LogP contribution in [0.4, 0.5) is 0 Å². The molecule has 0 saturated carbocycles. The number of hydrogen-bond donors (Lipinski definition) is 0. The molecule has 0 amide bonds. The zero-order valence-electron chi connectivity index (χ0n) is 7.50. The quantitative estimate of drug-likeness (QED) is 0.587. The second-order valence-electron chi connectivity index (χ2n) is 2.42. The predicted octanol–water partition coefficient (Wildman–Crippen LogP) is 2.24. The lowest BCUT2D eigenvalue weighted by Gasteiger charge is -1.91. The molecule has 0 saturated heterocycles. The second kappa shape index (κ2) is 4.00. The number of Topliss-reactive ketones (excluding diaryl/α,β-unsaturated/α-hetero) is 1. The van der Waals surface area contributed by atoms with Crippen molar-refractivity contribution in [3.63, 3.8) is 0 Å². The standard InChI is InChI=1S/C8H7NO.C2H6/c10-8-4-3-7-6(8)2-1-5-9-7;1-2/h1-2,5H,3-4H2;1-2H3. The number of carbonyl (C=O) groups excluding carboxylic acids is 1. The van der Waals surface area contributed by atoms with E-state index in [-0.39, 0.29) is 5.78 Å². The van der Waals surface area contributed by atoms with Crippen molar-refractivity contribution in [3.8, 4) is 0 Å². The highest BCUT2D eigenvalue weighted by molar-refractivity contribution is 5.99. The molecule has 2 nitrogen and oxygen atoms in total. The van der Waals surface area contributed by atoms with Gasteiger partial charge in [-0.1, -0.05) is 13.8 Å². The van der Waals surface area contributed by atoms with Crippen LogP contribution in [0.25, 0.3) is 0 Å². The summed E-state index contributed by atoms with van der Waals surface area (Å²) in [5.41, 5.74) is 1.79. The average Bonchev–Trinajstić information content (AvgIpc) is 2.53. The molecule has 12 heavy (non-hydrogen) atoms. The average molecular weight is 163 g/mol. The Balaban J connectivity index is 0.000000336. The highest BCUT2D eigenvalue weighted by Gasteiger charge is 2.18. The van der Waals surface area contributed by atoms with Gasteiger partial charge in [-0.2, -0.15) is 0 Å². The fourth-order valence-corrected chi connectivity index (χ4v) is 1.26. The maximum Gasteiger partial charge on any atom is 0.165 e. The van der Waals surface area contributed by atoms with E-state index < -0.39 is 0 Å². The first-order chi connectivity index (χ1) is 5.88. The van der Waals surface area contributed by atoms with Crippen molar-refractivity contribution < 1.29 is 4.79 Å². The summed E-state index contributed by atoms with van der Waals surface area (Å²) in [7, 11) is 0. The summed E-state index contributed by atoms with van der Waals surface area (Å²) >= 11 is 0. The van der Waals surface area contributed by atoms with E-state index in [1.54, 1.807) is 6.20 Å². The van der Waals surface area contributed by atoms with Crippen molar-refractivity contribution in [1.29, 1.82) is 0 Å². The first-order valence-corrected chi connectivity index (χ1v) is 4.35. The minimum Gasteiger partial charge on any atom is -0.294 e. The number of aromatic nitrogens is 1. The molecule has 1 aromatic heterocycles. The molecule has 1 heterocycles. The fraction of sp³-hybridized carbons (Fsp3) is 0.400. The van der Waals surface area contributed by atoms with Gasteiger partial charge in [-0.25, -0.2) is 0 Å². The van der Waals surface area contributed by atoms with Crippen molar-refractivity contribution >= 4 is 5.78 Å². The molecule has 1 aliphatic rings. The third-order valence-corrected chi connectivity index (χ3v) is 1.78. The van der Waals surface area contributed by atoms with Crippen molar-refractivity contribution in [2.75, 3.05) is 0 Å². The van der Waals surface area contributed by atoms with Crippen molar-refractivity contribution in [2.24, 2.45) is 0 Å².